The smallest absolute Gasteiger partial charge is 0.402 e. The van der Waals surface area contributed by atoms with E-state index >= 15 is 0 Å². The molecule has 9 heteroatoms. The van der Waals surface area contributed by atoms with Crippen molar-refractivity contribution in [1.29, 1.82) is 0 Å². The Morgan fingerprint density at radius 1 is 1.21 bits per heavy atom. The summed E-state index contributed by atoms with van der Waals surface area (Å²) in [5.41, 5.74) is 3.13. The number of aliphatic imine (C=N–C) groups is 1. The second-order valence-corrected chi connectivity index (χ2v) is 7.92. The maximum Gasteiger partial charge on any atom is 0.450 e. The molecule has 1 aromatic carbocycles. The van der Waals surface area contributed by atoms with Crippen molar-refractivity contribution in [3.8, 4) is 0 Å². The zero-order valence-electron chi connectivity index (χ0n) is 16.4. The Morgan fingerprint density at radius 2 is 1.79 bits per heavy atom. The van der Waals surface area contributed by atoms with Crippen LogP contribution < -0.4 is 5.73 Å². The van der Waals surface area contributed by atoms with Crippen molar-refractivity contribution in [2.45, 2.75) is 57.3 Å². The number of esters is 1. The molecule has 2 unspecified atom stereocenters. The molecule has 1 aliphatic rings. The van der Waals surface area contributed by atoms with E-state index in [2.05, 4.69) is 4.99 Å². The van der Waals surface area contributed by atoms with Crippen molar-refractivity contribution in [3.63, 3.8) is 0 Å². The highest BCUT2D eigenvalue weighted by Crippen LogP contribution is 2.30. The molecule has 0 radical (unpaired) electrons. The summed E-state index contributed by atoms with van der Waals surface area (Å²) in [5, 5.41) is 0. The fraction of sp³-hybridized carbons (Fsp3) is 0.500. The lowest BCUT2D eigenvalue weighted by atomic mass is 9.81. The normalized spacial score (nSPS) is 21.5. The number of cyclic esters (lactones) is 1. The van der Waals surface area contributed by atoms with Crippen LogP contribution in [-0.4, -0.2) is 40.7 Å². The standard InChI is InChI=1S/C20H23F3N2O4/c1-12(2)9-19(24,11-14(26)20(21,22)23)15(27)16-25-18(3,17(28)29-16)10-13-7-5-4-6-8-13/h4-8,12H,9-11,24H2,1-3H3. The number of rotatable bonds is 8. The average molecular weight is 412 g/mol. The van der Waals surface area contributed by atoms with Crippen molar-refractivity contribution in [2.24, 2.45) is 16.6 Å². The molecule has 158 valence electrons. The van der Waals surface area contributed by atoms with Crippen molar-refractivity contribution in [3.05, 3.63) is 35.9 Å². The monoisotopic (exact) mass is 412 g/mol. The number of Topliss-reactive ketones (excluding diaryl/α,β-unsaturated/α-hetero) is 2. The molecule has 0 spiro atoms. The molecule has 2 rings (SSSR count). The number of alkyl halides is 3. The maximum atomic E-state index is 12.9. The van der Waals surface area contributed by atoms with Gasteiger partial charge in [-0.2, -0.15) is 13.2 Å². The summed E-state index contributed by atoms with van der Waals surface area (Å²) < 4.78 is 43.3. The van der Waals surface area contributed by atoms with Crippen LogP contribution in [0, 0.1) is 5.92 Å². The fourth-order valence-electron chi connectivity index (χ4n) is 3.27. The molecule has 0 saturated carbocycles. The highest BCUT2D eigenvalue weighted by atomic mass is 19.4. The molecular formula is C20H23F3N2O4. The number of halogens is 3. The number of nitrogens with two attached hydrogens (primary N) is 1. The summed E-state index contributed by atoms with van der Waals surface area (Å²) in [5.74, 6) is -4.97. The van der Waals surface area contributed by atoms with Gasteiger partial charge in [-0.15, -0.1) is 0 Å². The molecule has 0 fully saturated rings. The van der Waals surface area contributed by atoms with Crippen LogP contribution in [0.2, 0.25) is 0 Å². The van der Waals surface area contributed by atoms with E-state index in [-0.39, 0.29) is 18.8 Å². The van der Waals surface area contributed by atoms with Crippen LogP contribution in [0.5, 0.6) is 0 Å². The summed E-state index contributed by atoms with van der Waals surface area (Å²) in [4.78, 5) is 40.8. The predicted octanol–water partition coefficient (Wildman–Crippen LogP) is 2.78. The van der Waals surface area contributed by atoms with Gasteiger partial charge in [0.15, 0.2) is 5.54 Å². The topological polar surface area (TPSA) is 98.8 Å². The first-order valence-electron chi connectivity index (χ1n) is 9.06. The van der Waals surface area contributed by atoms with Gasteiger partial charge >= 0.3 is 12.1 Å². The van der Waals surface area contributed by atoms with Crippen LogP contribution in [-0.2, 0) is 25.5 Å². The van der Waals surface area contributed by atoms with Gasteiger partial charge in [-0.05, 0) is 24.8 Å². The molecule has 0 amide bonds. The quantitative estimate of drug-likeness (QED) is 0.662. The van der Waals surface area contributed by atoms with E-state index in [1.54, 1.807) is 44.2 Å². The number of ether oxygens (including phenoxy) is 1. The Morgan fingerprint density at radius 3 is 2.31 bits per heavy atom. The Hall–Kier alpha value is -2.55. The number of benzene rings is 1. The van der Waals surface area contributed by atoms with E-state index in [4.69, 9.17) is 10.5 Å². The summed E-state index contributed by atoms with van der Waals surface area (Å²) in [6.07, 6.45) is -6.45. The van der Waals surface area contributed by atoms with Gasteiger partial charge in [-0.25, -0.2) is 9.79 Å². The number of carbonyl (C=O) groups is 3. The van der Waals surface area contributed by atoms with Gasteiger partial charge in [0.2, 0.25) is 11.6 Å². The minimum Gasteiger partial charge on any atom is -0.402 e. The van der Waals surface area contributed by atoms with Gasteiger partial charge in [0.05, 0.1) is 5.54 Å². The number of hydrogen-bond acceptors (Lipinski definition) is 6. The third-order valence-electron chi connectivity index (χ3n) is 4.58. The number of ketones is 2. The lowest BCUT2D eigenvalue weighted by Crippen LogP contribution is -2.55. The van der Waals surface area contributed by atoms with Gasteiger partial charge in [-0.3, -0.25) is 9.59 Å². The van der Waals surface area contributed by atoms with Crippen LogP contribution in [0.1, 0.15) is 39.2 Å². The lowest BCUT2D eigenvalue weighted by molar-refractivity contribution is -0.172. The summed E-state index contributed by atoms with van der Waals surface area (Å²) in [6, 6.07) is 8.86. The second kappa shape index (κ2) is 8.06. The van der Waals surface area contributed by atoms with E-state index in [1.807, 2.05) is 0 Å². The first-order chi connectivity index (χ1) is 13.3. The molecule has 0 aromatic heterocycles. The second-order valence-electron chi connectivity index (χ2n) is 7.92. The van der Waals surface area contributed by atoms with E-state index < -0.39 is 47.1 Å². The number of carbonyl (C=O) groups excluding carboxylic acids is 3. The highest BCUT2D eigenvalue weighted by molar-refractivity contribution is 6.43. The maximum absolute atomic E-state index is 12.9. The molecule has 29 heavy (non-hydrogen) atoms. The Kier molecular flexibility index (Phi) is 6.32. The third kappa shape index (κ3) is 5.29. The van der Waals surface area contributed by atoms with Gasteiger partial charge < -0.3 is 10.5 Å². The minimum absolute atomic E-state index is 0.132. The Labute approximate surface area is 166 Å². The largest absolute Gasteiger partial charge is 0.450 e. The predicted molar refractivity (Wildman–Crippen MR) is 99.1 cm³/mol. The van der Waals surface area contributed by atoms with Crippen molar-refractivity contribution in [2.75, 3.05) is 0 Å². The molecule has 1 aliphatic heterocycles. The fourth-order valence-corrected chi connectivity index (χ4v) is 3.27. The van der Waals surface area contributed by atoms with E-state index in [9.17, 15) is 27.6 Å². The lowest BCUT2D eigenvalue weighted by Gasteiger charge is -2.28. The van der Waals surface area contributed by atoms with E-state index in [1.165, 1.54) is 6.92 Å². The molecule has 0 aliphatic carbocycles. The summed E-state index contributed by atoms with van der Waals surface area (Å²) >= 11 is 0. The zero-order valence-corrected chi connectivity index (χ0v) is 16.4. The number of nitrogens with zero attached hydrogens (tertiary/aromatic N) is 1. The van der Waals surface area contributed by atoms with Crippen LogP contribution in [0.25, 0.3) is 0 Å². The van der Waals surface area contributed by atoms with Crippen LogP contribution in [0.15, 0.2) is 35.3 Å². The molecule has 1 heterocycles. The molecule has 0 saturated heterocycles. The molecule has 2 atom stereocenters. The summed E-state index contributed by atoms with van der Waals surface area (Å²) in [7, 11) is 0. The SMILES string of the molecule is CC(C)CC(N)(CC(=O)C(F)(F)F)C(=O)C1=NC(C)(Cc2ccccc2)C(=O)O1. The number of hydrogen-bond donors (Lipinski definition) is 1. The zero-order chi connectivity index (χ0) is 22.0. The molecule has 0 bridgehead atoms. The first kappa shape index (κ1) is 22.7. The Balaban J connectivity index is 2.33. The Bertz CT molecular complexity index is 836. The van der Waals surface area contributed by atoms with Gasteiger partial charge in [0.25, 0.3) is 5.90 Å². The van der Waals surface area contributed by atoms with Gasteiger partial charge in [0, 0.05) is 12.8 Å². The molecule has 2 N–H and O–H groups in total. The van der Waals surface area contributed by atoms with E-state index in [0.717, 1.165) is 5.56 Å². The molecule has 1 aromatic rings. The third-order valence-corrected chi connectivity index (χ3v) is 4.58. The summed E-state index contributed by atoms with van der Waals surface area (Å²) in [6.45, 7) is 4.76. The molecule has 6 nitrogen and oxygen atoms in total. The van der Waals surface area contributed by atoms with Crippen LogP contribution >= 0.6 is 0 Å². The van der Waals surface area contributed by atoms with Gasteiger partial charge in [0.1, 0.15) is 0 Å². The van der Waals surface area contributed by atoms with Crippen LogP contribution in [0.4, 0.5) is 13.2 Å². The van der Waals surface area contributed by atoms with Gasteiger partial charge in [-0.1, -0.05) is 44.2 Å². The highest BCUT2D eigenvalue weighted by Gasteiger charge is 2.51. The molecular weight excluding hydrogens is 389 g/mol. The van der Waals surface area contributed by atoms with Crippen molar-refractivity contribution >= 4 is 23.4 Å². The van der Waals surface area contributed by atoms with Crippen molar-refractivity contribution < 1.29 is 32.3 Å². The first-order valence-corrected chi connectivity index (χ1v) is 9.06. The van der Waals surface area contributed by atoms with Crippen LogP contribution in [0.3, 0.4) is 0 Å². The average Bonchev–Trinajstić information content (AvgIpc) is 2.88. The van der Waals surface area contributed by atoms with Crippen molar-refractivity contribution in [1.82, 2.24) is 0 Å². The minimum atomic E-state index is -5.13. The van der Waals surface area contributed by atoms with E-state index in [0.29, 0.717) is 0 Å².